The Hall–Kier alpha value is -3.93. The largest absolute Gasteiger partial charge is 0.463 e. The molecule has 2 amide bonds. The van der Waals surface area contributed by atoms with Crippen LogP contribution < -0.4 is 10.6 Å². The molecule has 0 saturated heterocycles. The number of hydrogen-bond acceptors (Lipinski definition) is 4. The molecule has 0 aliphatic rings. The molecular weight excluding hydrogens is 366 g/mol. The van der Waals surface area contributed by atoms with Crippen molar-refractivity contribution >= 4 is 34.1 Å². The molecule has 0 saturated carbocycles. The number of amides is 2. The third-order valence-corrected chi connectivity index (χ3v) is 4.47. The van der Waals surface area contributed by atoms with E-state index in [9.17, 15) is 9.59 Å². The summed E-state index contributed by atoms with van der Waals surface area (Å²) in [6.45, 7) is 3.35. The summed E-state index contributed by atoms with van der Waals surface area (Å²) in [6.07, 6.45) is 1.57. The van der Waals surface area contributed by atoms with Crippen molar-refractivity contribution in [2.45, 2.75) is 13.8 Å². The van der Waals surface area contributed by atoms with Gasteiger partial charge in [0, 0.05) is 12.3 Å². The summed E-state index contributed by atoms with van der Waals surface area (Å²) in [5.74, 6) is 0.0757. The van der Waals surface area contributed by atoms with Gasteiger partial charge in [-0.1, -0.05) is 24.3 Å². The van der Waals surface area contributed by atoms with Crippen LogP contribution in [0.1, 0.15) is 22.8 Å². The van der Waals surface area contributed by atoms with Gasteiger partial charge in [-0.05, 0) is 48.9 Å². The van der Waals surface area contributed by atoms with Crippen molar-refractivity contribution in [2.75, 3.05) is 10.6 Å². The summed E-state index contributed by atoms with van der Waals surface area (Å²) in [5, 5.41) is 6.40. The van der Waals surface area contributed by atoms with E-state index in [2.05, 4.69) is 15.6 Å². The number of rotatable bonds is 4. The fourth-order valence-corrected chi connectivity index (χ4v) is 3.16. The molecule has 4 aromatic rings. The maximum absolute atomic E-state index is 13.2. The molecule has 0 fully saturated rings. The average Bonchev–Trinajstić information content (AvgIpc) is 3.24. The first-order valence-corrected chi connectivity index (χ1v) is 9.14. The van der Waals surface area contributed by atoms with Crippen LogP contribution in [0.15, 0.2) is 71.3 Å². The SMILES string of the molecule is CC(=O)Nc1ccc(C)cc1NC(=O)c1cc(-c2ccco2)nc2ccccc12. The molecule has 4 rings (SSSR count). The van der Waals surface area contributed by atoms with Gasteiger partial charge in [0.25, 0.3) is 5.91 Å². The number of aryl methyl sites for hydroxylation is 1. The van der Waals surface area contributed by atoms with Crippen LogP contribution >= 0.6 is 0 Å². The Kier molecular flexibility index (Phi) is 4.83. The minimum absolute atomic E-state index is 0.209. The third-order valence-electron chi connectivity index (χ3n) is 4.47. The first-order chi connectivity index (χ1) is 14.0. The van der Waals surface area contributed by atoms with Gasteiger partial charge in [0.15, 0.2) is 5.76 Å². The van der Waals surface area contributed by atoms with E-state index in [1.807, 2.05) is 43.3 Å². The number of para-hydroxylation sites is 1. The van der Waals surface area contributed by atoms with Crippen molar-refractivity contribution in [1.82, 2.24) is 4.98 Å². The number of hydrogen-bond donors (Lipinski definition) is 2. The molecule has 144 valence electrons. The number of fused-ring (bicyclic) bond motifs is 1. The van der Waals surface area contributed by atoms with E-state index in [0.717, 1.165) is 10.9 Å². The van der Waals surface area contributed by atoms with Gasteiger partial charge >= 0.3 is 0 Å². The molecule has 6 nitrogen and oxygen atoms in total. The number of carbonyl (C=O) groups excluding carboxylic acids is 2. The van der Waals surface area contributed by atoms with E-state index < -0.39 is 0 Å². The van der Waals surface area contributed by atoms with Crippen LogP contribution in [0.25, 0.3) is 22.4 Å². The summed E-state index contributed by atoms with van der Waals surface area (Å²) in [5.41, 5.74) is 3.78. The molecule has 0 spiro atoms. The Balaban J connectivity index is 1.78. The van der Waals surface area contributed by atoms with E-state index >= 15 is 0 Å². The average molecular weight is 385 g/mol. The van der Waals surface area contributed by atoms with E-state index in [0.29, 0.717) is 33.9 Å². The minimum Gasteiger partial charge on any atom is -0.463 e. The maximum Gasteiger partial charge on any atom is 0.256 e. The number of carbonyl (C=O) groups is 2. The van der Waals surface area contributed by atoms with Crippen LogP contribution in [0.5, 0.6) is 0 Å². The molecule has 2 N–H and O–H groups in total. The molecule has 2 heterocycles. The van der Waals surface area contributed by atoms with Crippen molar-refractivity contribution in [3.05, 3.63) is 78.1 Å². The molecule has 6 heteroatoms. The number of benzene rings is 2. The monoisotopic (exact) mass is 385 g/mol. The molecule has 0 bridgehead atoms. The maximum atomic E-state index is 13.2. The van der Waals surface area contributed by atoms with Gasteiger partial charge in [-0.2, -0.15) is 0 Å². The zero-order chi connectivity index (χ0) is 20.4. The van der Waals surface area contributed by atoms with Crippen molar-refractivity contribution in [2.24, 2.45) is 0 Å². The zero-order valence-corrected chi connectivity index (χ0v) is 16.0. The molecule has 0 atom stereocenters. The quantitative estimate of drug-likeness (QED) is 0.517. The summed E-state index contributed by atoms with van der Waals surface area (Å²) in [6, 6.07) is 18.2. The second-order valence-electron chi connectivity index (χ2n) is 6.73. The molecule has 2 aromatic carbocycles. The van der Waals surface area contributed by atoms with Crippen LogP contribution in [0, 0.1) is 6.92 Å². The highest BCUT2D eigenvalue weighted by Crippen LogP contribution is 2.28. The first-order valence-electron chi connectivity index (χ1n) is 9.14. The standard InChI is InChI=1S/C23H19N3O3/c1-14-9-10-19(24-15(2)27)20(12-14)26-23(28)17-13-21(22-8-5-11-29-22)25-18-7-4-3-6-16(17)18/h3-13H,1-2H3,(H,24,27)(H,26,28). The van der Waals surface area contributed by atoms with E-state index in [-0.39, 0.29) is 11.8 Å². The summed E-state index contributed by atoms with van der Waals surface area (Å²) in [4.78, 5) is 29.3. The molecule has 0 radical (unpaired) electrons. The molecule has 0 aliphatic heterocycles. The lowest BCUT2D eigenvalue weighted by atomic mass is 10.1. The van der Waals surface area contributed by atoms with Crippen molar-refractivity contribution < 1.29 is 14.0 Å². The highest BCUT2D eigenvalue weighted by Gasteiger charge is 2.16. The summed E-state index contributed by atoms with van der Waals surface area (Å²) >= 11 is 0. The zero-order valence-electron chi connectivity index (χ0n) is 16.0. The summed E-state index contributed by atoms with van der Waals surface area (Å²) < 4.78 is 5.46. The molecule has 29 heavy (non-hydrogen) atoms. The number of pyridine rings is 1. The Morgan fingerprint density at radius 3 is 2.52 bits per heavy atom. The predicted octanol–water partition coefficient (Wildman–Crippen LogP) is 5.01. The lowest BCUT2D eigenvalue weighted by Crippen LogP contribution is -2.16. The van der Waals surface area contributed by atoms with Crippen LogP contribution in [0.2, 0.25) is 0 Å². The second-order valence-corrected chi connectivity index (χ2v) is 6.73. The number of aromatic nitrogens is 1. The smallest absolute Gasteiger partial charge is 0.256 e. The van der Waals surface area contributed by atoms with Crippen molar-refractivity contribution in [3.8, 4) is 11.5 Å². The normalized spacial score (nSPS) is 10.7. The number of nitrogens with zero attached hydrogens (tertiary/aromatic N) is 1. The van der Waals surface area contributed by atoms with Crippen LogP contribution in [-0.4, -0.2) is 16.8 Å². The minimum atomic E-state index is -0.298. The molecule has 0 aliphatic carbocycles. The molecular formula is C23H19N3O3. The van der Waals surface area contributed by atoms with Gasteiger partial charge < -0.3 is 15.1 Å². The molecule has 2 aromatic heterocycles. The van der Waals surface area contributed by atoms with Crippen LogP contribution in [0.4, 0.5) is 11.4 Å². The number of nitrogens with one attached hydrogen (secondary N) is 2. The highest BCUT2D eigenvalue weighted by molar-refractivity contribution is 6.14. The summed E-state index contributed by atoms with van der Waals surface area (Å²) in [7, 11) is 0. The van der Waals surface area contributed by atoms with E-state index in [4.69, 9.17) is 4.42 Å². The van der Waals surface area contributed by atoms with Gasteiger partial charge in [-0.15, -0.1) is 0 Å². The fraction of sp³-hybridized carbons (Fsp3) is 0.0870. The van der Waals surface area contributed by atoms with Crippen LogP contribution in [0.3, 0.4) is 0 Å². The Bertz CT molecular complexity index is 1210. The predicted molar refractivity (Wildman–Crippen MR) is 113 cm³/mol. The Morgan fingerprint density at radius 1 is 0.931 bits per heavy atom. The topological polar surface area (TPSA) is 84.2 Å². The van der Waals surface area contributed by atoms with Gasteiger partial charge in [0.05, 0.1) is 28.7 Å². The van der Waals surface area contributed by atoms with E-state index in [1.165, 1.54) is 6.92 Å². The highest BCUT2D eigenvalue weighted by atomic mass is 16.3. The lowest BCUT2D eigenvalue weighted by molar-refractivity contribution is -0.114. The van der Waals surface area contributed by atoms with Gasteiger partial charge in [-0.3, -0.25) is 9.59 Å². The third kappa shape index (κ3) is 3.87. The van der Waals surface area contributed by atoms with Crippen molar-refractivity contribution in [1.29, 1.82) is 0 Å². The fourth-order valence-electron chi connectivity index (χ4n) is 3.16. The van der Waals surface area contributed by atoms with Gasteiger partial charge in [0.2, 0.25) is 5.91 Å². The Morgan fingerprint density at radius 2 is 1.76 bits per heavy atom. The van der Waals surface area contributed by atoms with Crippen LogP contribution in [-0.2, 0) is 4.79 Å². The number of anilines is 2. The van der Waals surface area contributed by atoms with Crippen molar-refractivity contribution in [3.63, 3.8) is 0 Å². The lowest BCUT2D eigenvalue weighted by Gasteiger charge is -2.14. The van der Waals surface area contributed by atoms with Gasteiger partial charge in [-0.25, -0.2) is 4.98 Å². The first kappa shape index (κ1) is 18.4. The second kappa shape index (κ2) is 7.59. The van der Waals surface area contributed by atoms with Gasteiger partial charge in [0.1, 0.15) is 5.69 Å². The molecule has 0 unspecified atom stereocenters. The Labute approximate surface area is 167 Å². The number of furan rings is 1. The van der Waals surface area contributed by atoms with E-state index in [1.54, 1.807) is 30.5 Å².